The van der Waals surface area contributed by atoms with E-state index < -0.39 is 10.0 Å². The van der Waals surface area contributed by atoms with Gasteiger partial charge in [0.25, 0.3) is 0 Å². The van der Waals surface area contributed by atoms with Gasteiger partial charge in [-0.05, 0) is 67.8 Å². The number of fused-ring (bicyclic) bond motifs is 4. The smallest absolute Gasteiger partial charge is 0.214 e. The van der Waals surface area contributed by atoms with Crippen LogP contribution in [-0.2, 0) is 16.4 Å². The third-order valence-corrected chi connectivity index (χ3v) is 8.55. The number of benzene rings is 1. The van der Waals surface area contributed by atoms with Gasteiger partial charge < -0.3 is 5.73 Å². The van der Waals surface area contributed by atoms with Crippen LogP contribution < -0.4 is 5.73 Å². The summed E-state index contributed by atoms with van der Waals surface area (Å²) in [5, 5.41) is 0.767. The second-order valence-corrected chi connectivity index (χ2v) is 10.4. The highest BCUT2D eigenvalue weighted by molar-refractivity contribution is 7.89. The minimum Gasteiger partial charge on any atom is -0.330 e. The first-order chi connectivity index (χ1) is 12.5. The molecule has 3 atom stereocenters. The fraction of sp³-hybridized carbons (Fsp3) is 0.684. The van der Waals surface area contributed by atoms with Gasteiger partial charge in [-0.2, -0.15) is 4.31 Å². The molecule has 26 heavy (non-hydrogen) atoms. The van der Waals surface area contributed by atoms with E-state index in [1.54, 1.807) is 0 Å². The summed E-state index contributed by atoms with van der Waals surface area (Å²) in [6, 6.07) is 6.58. The minimum atomic E-state index is -3.23. The molecule has 7 heteroatoms. The van der Waals surface area contributed by atoms with Crippen LogP contribution in [0.15, 0.2) is 18.2 Å². The van der Waals surface area contributed by atoms with Crippen LogP contribution in [0, 0.1) is 5.92 Å². The lowest BCUT2D eigenvalue weighted by Gasteiger charge is -2.51. The molecule has 0 aromatic heterocycles. The molecule has 2 N–H and O–H groups in total. The summed E-state index contributed by atoms with van der Waals surface area (Å²) in [5.41, 5.74) is 8.21. The van der Waals surface area contributed by atoms with Crippen LogP contribution in [0.3, 0.4) is 0 Å². The maximum absolute atomic E-state index is 12.9. The predicted molar refractivity (Wildman–Crippen MR) is 105 cm³/mol. The normalized spacial score (nSPS) is 29.7. The molecule has 3 aliphatic rings. The Bertz CT molecular complexity index is 770. The summed E-state index contributed by atoms with van der Waals surface area (Å²) in [7, 11) is -3.23. The van der Waals surface area contributed by atoms with Crippen molar-refractivity contribution < 1.29 is 8.42 Å². The molecule has 4 rings (SSSR count). The molecule has 0 radical (unpaired) electrons. The van der Waals surface area contributed by atoms with Crippen molar-refractivity contribution in [3.63, 3.8) is 0 Å². The van der Waals surface area contributed by atoms with E-state index in [0.717, 1.165) is 43.8 Å². The summed E-state index contributed by atoms with van der Waals surface area (Å²) < 4.78 is 27.6. The molecular weight excluding hydrogens is 370 g/mol. The number of rotatable bonds is 4. The standard InChI is InChI=1S/C19H28ClN3O2S/c20-16-5-4-14-6-9-22-13-15-3-1-8-23(26(24,25)10-2-7-21)18(15)12-19(22)17(14)11-16/h4-5,11,15,18-19H,1-3,6-10,12-13,21H2/t15-,18+,19-/m0/s1. The highest BCUT2D eigenvalue weighted by Crippen LogP contribution is 2.44. The van der Waals surface area contributed by atoms with Crippen LogP contribution in [0.4, 0.5) is 0 Å². The van der Waals surface area contributed by atoms with Gasteiger partial charge in [0.05, 0.1) is 5.75 Å². The SMILES string of the molecule is NCCCS(=O)(=O)N1CCC[C@H]2CN3CCc4ccc(Cl)cc4[C@@H]3C[C@H]21. The molecule has 1 aromatic rings. The fourth-order valence-corrected chi connectivity index (χ4v) is 7.12. The molecule has 3 aliphatic heterocycles. The number of piperidine rings is 2. The molecule has 2 saturated heterocycles. The minimum absolute atomic E-state index is 0.109. The molecule has 2 fully saturated rings. The van der Waals surface area contributed by atoms with Crippen LogP contribution in [-0.4, -0.2) is 55.6 Å². The number of nitrogens with zero attached hydrogens (tertiary/aromatic N) is 2. The monoisotopic (exact) mass is 397 g/mol. The summed E-state index contributed by atoms with van der Waals surface area (Å²) in [5.74, 6) is 0.608. The topological polar surface area (TPSA) is 66.6 Å². The zero-order chi connectivity index (χ0) is 18.3. The lowest BCUT2D eigenvalue weighted by Crippen LogP contribution is -2.57. The second-order valence-electron chi connectivity index (χ2n) is 7.88. The van der Waals surface area contributed by atoms with Crippen molar-refractivity contribution in [3.05, 3.63) is 34.3 Å². The molecular formula is C19H28ClN3O2S. The van der Waals surface area contributed by atoms with Gasteiger partial charge in [0.15, 0.2) is 0 Å². The van der Waals surface area contributed by atoms with E-state index >= 15 is 0 Å². The summed E-state index contributed by atoms with van der Waals surface area (Å²) >= 11 is 6.27. The van der Waals surface area contributed by atoms with Gasteiger partial charge in [-0.1, -0.05) is 17.7 Å². The van der Waals surface area contributed by atoms with Crippen LogP contribution in [0.5, 0.6) is 0 Å². The molecule has 1 aromatic carbocycles. The molecule has 0 unspecified atom stereocenters. The average Bonchev–Trinajstić information content (AvgIpc) is 2.64. The van der Waals surface area contributed by atoms with Gasteiger partial charge in [-0.25, -0.2) is 8.42 Å². The lowest BCUT2D eigenvalue weighted by atomic mass is 9.77. The molecule has 0 amide bonds. The Labute approximate surface area is 161 Å². The van der Waals surface area contributed by atoms with Crippen molar-refractivity contribution in [2.75, 3.05) is 31.9 Å². The predicted octanol–water partition coefficient (Wildman–Crippen LogP) is 2.40. The van der Waals surface area contributed by atoms with Crippen LogP contribution in [0.1, 0.15) is 42.9 Å². The van der Waals surface area contributed by atoms with E-state index in [9.17, 15) is 8.42 Å². The highest BCUT2D eigenvalue weighted by atomic mass is 35.5. The van der Waals surface area contributed by atoms with Gasteiger partial charge >= 0.3 is 0 Å². The third-order valence-electron chi connectivity index (χ3n) is 6.34. The van der Waals surface area contributed by atoms with Crippen molar-refractivity contribution >= 4 is 21.6 Å². The van der Waals surface area contributed by atoms with E-state index in [1.807, 2.05) is 10.4 Å². The third kappa shape index (κ3) is 3.42. The first-order valence-electron chi connectivity index (χ1n) is 9.71. The number of hydrogen-bond donors (Lipinski definition) is 1. The lowest BCUT2D eigenvalue weighted by molar-refractivity contribution is 0.0220. The van der Waals surface area contributed by atoms with Crippen molar-refractivity contribution in [1.29, 1.82) is 0 Å². The first kappa shape index (κ1) is 18.7. The van der Waals surface area contributed by atoms with E-state index in [1.165, 1.54) is 11.1 Å². The Hall–Kier alpha value is -0.660. The van der Waals surface area contributed by atoms with Gasteiger partial charge in [-0.15, -0.1) is 0 Å². The number of hydrogen-bond acceptors (Lipinski definition) is 4. The number of nitrogens with two attached hydrogens (primary N) is 1. The second kappa shape index (κ2) is 7.40. The van der Waals surface area contributed by atoms with Crippen LogP contribution >= 0.6 is 11.6 Å². The summed E-state index contributed by atoms with van der Waals surface area (Å²) in [4.78, 5) is 2.55. The van der Waals surface area contributed by atoms with Gasteiger partial charge in [0.1, 0.15) is 0 Å². The van der Waals surface area contributed by atoms with E-state index in [0.29, 0.717) is 25.4 Å². The van der Waals surface area contributed by atoms with Gasteiger partial charge in [0, 0.05) is 36.7 Å². The van der Waals surface area contributed by atoms with Crippen molar-refractivity contribution in [2.45, 2.75) is 44.2 Å². The molecule has 0 saturated carbocycles. The quantitative estimate of drug-likeness (QED) is 0.847. The fourth-order valence-electron chi connectivity index (χ4n) is 5.10. The Morgan fingerprint density at radius 2 is 2.12 bits per heavy atom. The van der Waals surface area contributed by atoms with Crippen molar-refractivity contribution in [1.82, 2.24) is 9.21 Å². The van der Waals surface area contributed by atoms with Crippen LogP contribution in [0.2, 0.25) is 5.02 Å². The van der Waals surface area contributed by atoms with Crippen molar-refractivity contribution in [3.8, 4) is 0 Å². The zero-order valence-electron chi connectivity index (χ0n) is 15.1. The first-order valence-corrected chi connectivity index (χ1v) is 11.7. The molecule has 144 valence electrons. The zero-order valence-corrected chi connectivity index (χ0v) is 16.7. The van der Waals surface area contributed by atoms with Crippen molar-refractivity contribution in [2.24, 2.45) is 11.7 Å². The Balaban J connectivity index is 1.62. The number of halogens is 1. The maximum atomic E-state index is 12.9. The van der Waals surface area contributed by atoms with E-state index in [2.05, 4.69) is 17.0 Å². The molecule has 5 nitrogen and oxygen atoms in total. The Kier molecular flexibility index (Phi) is 5.32. The Morgan fingerprint density at radius 3 is 2.92 bits per heavy atom. The maximum Gasteiger partial charge on any atom is 0.214 e. The van der Waals surface area contributed by atoms with Gasteiger partial charge in [-0.3, -0.25) is 4.90 Å². The highest BCUT2D eigenvalue weighted by Gasteiger charge is 2.45. The average molecular weight is 398 g/mol. The summed E-state index contributed by atoms with van der Waals surface area (Å²) in [6.07, 6.45) is 4.55. The molecule has 0 spiro atoms. The largest absolute Gasteiger partial charge is 0.330 e. The Morgan fingerprint density at radius 1 is 1.27 bits per heavy atom. The molecule has 0 aliphatic carbocycles. The van der Waals surface area contributed by atoms with E-state index in [-0.39, 0.29) is 17.8 Å². The van der Waals surface area contributed by atoms with Crippen LogP contribution in [0.25, 0.3) is 0 Å². The molecule has 3 heterocycles. The number of sulfonamides is 1. The summed E-state index contributed by atoms with van der Waals surface area (Å²) in [6.45, 7) is 3.12. The molecule has 0 bridgehead atoms. The van der Waals surface area contributed by atoms with Gasteiger partial charge in [0.2, 0.25) is 10.0 Å². The van der Waals surface area contributed by atoms with E-state index in [4.69, 9.17) is 17.3 Å².